The van der Waals surface area contributed by atoms with Crippen molar-refractivity contribution < 1.29 is 4.39 Å². The lowest BCUT2D eigenvalue weighted by molar-refractivity contribution is 0.585. The largest absolute Gasteiger partial charge is 0.369 e. The normalized spacial score (nSPS) is 12.2. The molecule has 1 heterocycles. The van der Waals surface area contributed by atoms with Crippen LogP contribution in [0.25, 0.3) is 11.0 Å². The number of rotatable bonds is 3. The first-order chi connectivity index (χ1) is 7.94. The van der Waals surface area contributed by atoms with Crippen LogP contribution in [-0.2, 0) is 6.54 Å². The molecule has 0 fully saturated rings. The summed E-state index contributed by atoms with van der Waals surface area (Å²) in [5, 5.41) is 0. The first-order valence-electron chi connectivity index (χ1n) is 5.40. The van der Waals surface area contributed by atoms with Gasteiger partial charge in [0.05, 0.1) is 5.52 Å². The van der Waals surface area contributed by atoms with E-state index in [1.54, 1.807) is 17.8 Å². The smallest absolute Gasteiger partial charge is 0.201 e. The molecule has 0 radical (unpaired) electrons. The monoisotopic (exact) mass is 253 g/mol. The number of fused-ring (bicyclic) bond motifs is 1. The van der Waals surface area contributed by atoms with Crippen LogP contribution in [0, 0.1) is 5.82 Å². The van der Waals surface area contributed by atoms with Gasteiger partial charge in [-0.2, -0.15) is 11.8 Å². The Balaban J connectivity index is 2.54. The molecule has 0 saturated heterocycles. The molecule has 0 atom stereocenters. The first kappa shape index (κ1) is 12.2. The summed E-state index contributed by atoms with van der Waals surface area (Å²) >= 11 is 1.75. The maximum absolute atomic E-state index is 13.6. The molecule has 1 aromatic carbocycles. The Hall–Kier alpha value is -1.23. The predicted molar refractivity (Wildman–Crippen MR) is 71.7 cm³/mol. The highest BCUT2D eigenvalue weighted by molar-refractivity contribution is 7.99. The summed E-state index contributed by atoms with van der Waals surface area (Å²) in [7, 11) is 0. The van der Waals surface area contributed by atoms with Gasteiger partial charge in [0.1, 0.15) is 5.52 Å². The minimum absolute atomic E-state index is 0.0358. The van der Waals surface area contributed by atoms with Gasteiger partial charge in [0.15, 0.2) is 5.82 Å². The number of hydrogen-bond acceptors (Lipinski definition) is 3. The fourth-order valence-electron chi connectivity index (χ4n) is 1.74. The number of halogens is 1. The standard InChI is InChI=1S/C12H16FN3S/c1-12(2,17-3)7-16-9-6-4-5-8(13)10(9)15-11(16)14/h4-6H,7H2,1-3H3,(H2,14,15). The van der Waals surface area contributed by atoms with Gasteiger partial charge in [0.25, 0.3) is 0 Å². The zero-order chi connectivity index (χ0) is 12.6. The number of hydrogen-bond donors (Lipinski definition) is 1. The molecule has 2 aromatic rings. The zero-order valence-electron chi connectivity index (χ0n) is 10.2. The molecule has 0 saturated carbocycles. The van der Waals surface area contributed by atoms with E-state index in [4.69, 9.17) is 5.73 Å². The van der Waals surface area contributed by atoms with Crippen LogP contribution >= 0.6 is 11.8 Å². The van der Waals surface area contributed by atoms with E-state index in [-0.39, 0.29) is 10.6 Å². The number of nitrogen functional groups attached to an aromatic ring is 1. The van der Waals surface area contributed by atoms with E-state index in [1.165, 1.54) is 6.07 Å². The lowest BCUT2D eigenvalue weighted by Gasteiger charge is -2.23. The predicted octanol–water partition coefficient (Wildman–Crippen LogP) is 2.90. The average molecular weight is 253 g/mol. The van der Waals surface area contributed by atoms with E-state index in [0.29, 0.717) is 18.0 Å². The third-order valence-electron chi connectivity index (χ3n) is 2.85. The molecule has 1 aromatic heterocycles. The Morgan fingerprint density at radius 3 is 2.82 bits per heavy atom. The summed E-state index contributed by atoms with van der Waals surface area (Å²) in [6, 6.07) is 4.93. The number of para-hydroxylation sites is 1. The molecule has 0 unspecified atom stereocenters. The molecule has 5 heteroatoms. The maximum atomic E-state index is 13.6. The maximum Gasteiger partial charge on any atom is 0.201 e. The highest BCUT2D eigenvalue weighted by Crippen LogP contribution is 2.28. The number of thioether (sulfide) groups is 1. The third kappa shape index (κ3) is 2.24. The highest BCUT2D eigenvalue weighted by atomic mass is 32.2. The average Bonchev–Trinajstić information content (AvgIpc) is 2.58. The van der Waals surface area contributed by atoms with Crippen LogP contribution in [0.1, 0.15) is 13.8 Å². The lowest BCUT2D eigenvalue weighted by Crippen LogP contribution is -2.23. The Labute approximate surface area is 104 Å². The van der Waals surface area contributed by atoms with Crippen molar-refractivity contribution in [1.29, 1.82) is 0 Å². The second kappa shape index (κ2) is 4.22. The van der Waals surface area contributed by atoms with Crippen LogP contribution in [-0.4, -0.2) is 20.6 Å². The van der Waals surface area contributed by atoms with E-state index in [9.17, 15) is 4.39 Å². The first-order valence-corrected chi connectivity index (χ1v) is 6.62. The number of anilines is 1. The van der Waals surface area contributed by atoms with Crippen LogP contribution in [0.15, 0.2) is 18.2 Å². The molecule has 0 spiro atoms. The van der Waals surface area contributed by atoms with Crippen LogP contribution in [0.3, 0.4) is 0 Å². The van der Waals surface area contributed by atoms with E-state index in [1.807, 2.05) is 10.6 Å². The van der Waals surface area contributed by atoms with Gasteiger partial charge in [0.2, 0.25) is 5.95 Å². The van der Waals surface area contributed by atoms with Crippen molar-refractivity contribution in [1.82, 2.24) is 9.55 Å². The Kier molecular flexibility index (Phi) is 3.03. The molecule has 17 heavy (non-hydrogen) atoms. The highest BCUT2D eigenvalue weighted by Gasteiger charge is 2.20. The van der Waals surface area contributed by atoms with Crippen LogP contribution in [0.5, 0.6) is 0 Å². The van der Waals surface area contributed by atoms with Crippen molar-refractivity contribution in [2.45, 2.75) is 25.1 Å². The zero-order valence-corrected chi connectivity index (χ0v) is 11.0. The SMILES string of the molecule is CSC(C)(C)Cn1c(N)nc2c(F)cccc21. The fourth-order valence-corrected chi connectivity index (χ4v) is 2.00. The summed E-state index contributed by atoms with van der Waals surface area (Å²) in [6.07, 6.45) is 2.05. The van der Waals surface area contributed by atoms with E-state index in [2.05, 4.69) is 25.1 Å². The summed E-state index contributed by atoms with van der Waals surface area (Å²) < 4.78 is 15.5. The fraction of sp³-hybridized carbons (Fsp3) is 0.417. The molecule has 0 aliphatic rings. The molecule has 2 N–H and O–H groups in total. The summed E-state index contributed by atoms with van der Waals surface area (Å²) in [6.45, 7) is 4.96. The van der Waals surface area contributed by atoms with Gasteiger partial charge in [-0.3, -0.25) is 0 Å². The van der Waals surface area contributed by atoms with Gasteiger partial charge in [-0.05, 0) is 32.2 Å². The Morgan fingerprint density at radius 2 is 2.18 bits per heavy atom. The van der Waals surface area contributed by atoms with Gasteiger partial charge < -0.3 is 10.3 Å². The van der Waals surface area contributed by atoms with Crippen LogP contribution in [0.4, 0.5) is 10.3 Å². The topological polar surface area (TPSA) is 43.8 Å². The number of aromatic nitrogens is 2. The van der Waals surface area contributed by atoms with Gasteiger partial charge in [-0.1, -0.05) is 6.07 Å². The molecule has 0 aliphatic heterocycles. The lowest BCUT2D eigenvalue weighted by atomic mass is 10.2. The van der Waals surface area contributed by atoms with Crippen molar-refractivity contribution in [2.75, 3.05) is 12.0 Å². The van der Waals surface area contributed by atoms with Gasteiger partial charge in [-0.15, -0.1) is 0 Å². The second-order valence-electron chi connectivity index (χ2n) is 4.63. The Bertz CT molecular complexity index is 548. The van der Waals surface area contributed by atoms with Crippen molar-refractivity contribution in [2.24, 2.45) is 0 Å². The molecule has 92 valence electrons. The molecular formula is C12H16FN3S. The summed E-state index contributed by atoms with van der Waals surface area (Å²) in [5.74, 6) is 0.0436. The van der Waals surface area contributed by atoms with Gasteiger partial charge in [-0.25, -0.2) is 9.37 Å². The summed E-state index contributed by atoms with van der Waals surface area (Å²) in [5.41, 5.74) is 6.96. The van der Waals surface area contributed by atoms with Crippen molar-refractivity contribution in [3.8, 4) is 0 Å². The number of imidazole rings is 1. The van der Waals surface area contributed by atoms with Crippen molar-refractivity contribution >= 4 is 28.7 Å². The minimum atomic E-state index is -0.324. The minimum Gasteiger partial charge on any atom is -0.369 e. The number of nitrogens with zero attached hydrogens (tertiary/aromatic N) is 2. The van der Waals surface area contributed by atoms with E-state index in [0.717, 1.165) is 5.52 Å². The molecular weight excluding hydrogens is 237 g/mol. The Morgan fingerprint density at radius 1 is 1.47 bits per heavy atom. The molecule has 0 aliphatic carbocycles. The third-order valence-corrected chi connectivity index (χ3v) is 4.08. The quantitative estimate of drug-likeness (QED) is 0.914. The molecule has 3 nitrogen and oxygen atoms in total. The number of nitrogens with two attached hydrogens (primary N) is 1. The van der Waals surface area contributed by atoms with Gasteiger partial charge in [0, 0.05) is 11.3 Å². The van der Waals surface area contributed by atoms with Crippen LogP contribution in [0.2, 0.25) is 0 Å². The van der Waals surface area contributed by atoms with Crippen molar-refractivity contribution in [3.05, 3.63) is 24.0 Å². The molecule has 0 bridgehead atoms. The number of benzene rings is 1. The van der Waals surface area contributed by atoms with Crippen molar-refractivity contribution in [3.63, 3.8) is 0 Å². The van der Waals surface area contributed by atoms with E-state index < -0.39 is 0 Å². The second-order valence-corrected chi connectivity index (χ2v) is 6.14. The summed E-state index contributed by atoms with van der Waals surface area (Å²) in [4.78, 5) is 4.09. The van der Waals surface area contributed by atoms with E-state index >= 15 is 0 Å². The molecule has 2 rings (SSSR count). The molecule has 0 amide bonds. The van der Waals surface area contributed by atoms with Gasteiger partial charge >= 0.3 is 0 Å². The van der Waals surface area contributed by atoms with Crippen LogP contribution < -0.4 is 5.73 Å².